The van der Waals surface area contributed by atoms with Crippen LogP contribution in [0, 0.1) is 11.8 Å². The van der Waals surface area contributed by atoms with Crippen LogP contribution >= 0.6 is 0 Å². The Morgan fingerprint density at radius 2 is 1.68 bits per heavy atom. The van der Waals surface area contributed by atoms with Crippen LogP contribution in [-0.4, -0.2) is 45.1 Å². The van der Waals surface area contributed by atoms with Gasteiger partial charge in [0, 0.05) is 44.6 Å². The maximum Gasteiger partial charge on any atom is 0.277 e. The fraction of sp³-hybridized carbons (Fsp3) is 0.389. The molecular weight excluding hydrogens is 318 g/mol. The van der Waals surface area contributed by atoms with Crippen molar-refractivity contribution < 1.29 is 10.0 Å². The van der Waals surface area contributed by atoms with Crippen molar-refractivity contribution in [1.82, 2.24) is 20.3 Å². The van der Waals surface area contributed by atoms with Crippen molar-refractivity contribution in [2.75, 3.05) is 18.0 Å². The summed E-state index contributed by atoms with van der Waals surface area (Å²) >= 11 is 0. The molecule has 2 N–H and O–H groups in total. The molecule has 2 aliphatic heterocycles. The van der Waals surface area contributed by atoms with Crippen molar-refractivity contribution in [1.29, 1.82) is 0 Å². The summed E-state index contributed by atoms with van der Waals surface area (Å²) in [5.74, 6) is 1.42. The summed E-state index contributed by atoms with van der Waals surface area (Å²) < 4.78 is 0. The zero-order chi connectivity index (χ0) is 17.0. The highest BCUT2D eigenvalue weighted by molar-refractivity contribution is 5.92. The molecule has 2 aromatic rings. The number of rotatable bonds is 3. The topological polar surface area (TPSA) is 81.6 Å². The van der Waals surface area contributed by atoms with Crippen molar-refractivity contribution in [3.8, 4) is 0 Å². The highest BCUT2D eigenvalue weighted by Gasteiger charge is 2.59. The summed E-state index contributed by atoms with van der Waals surface area (Å²) in [6.45, 7) is 4.06. The van der Waals surface area contributed by atoms with Crippen LogP contribution in [0.5, 0.6) is 0 Å². The van der Waals surface area contributed by atoms with Gasteiger partial charge in [-0.1, -0.05) is 24.3 Å². The standard InChI is InChI=1S/C18H19N5O2/c24-17(21-25)13-5-19-18(20-6-13)23-9-14-15(10-23)16(14)22-7-11-3-1-2-4-12(11)8-22/h1-6,14-16,25H,7-10H2,(H,21,24). The molecular formula is C18H19N5O2. The van der Waals surface area contributed by atoms with E-state index in [0.29, 0.717) is 23.8 Å². The van der Waals surface area contributed by atoms with E-state index in [1.807, 2.05) is 0 Å². The van der Waals surface area contributed by atoms with E-state index >= 15 is 0 Å². The molecule has 1 amide bonds. The Balaban J connectivity index is 1.22. The number of hydrogen-bond acceptors (Lipinski definition) is 6. The van der Waals surface area contributed by atoms with E-state index in [2.05, 4.69) is 44.0 Å². The van der Waals surface area contributed by atoms with Gasteiger partial charge in [0.15, 0.2) is 0 Å². The minimum atomic E-state index is -0.593. The van der Waals surface area contributed by atoms with E-state index in [9.17, 15) is 4.79 Å². The number of hydroxylamine groups is 1. The number of nitrogens with zero attached hydrogens (tertiary/aromatic N) is 4. The minimum absolute atomic E-state index is 0.253. The third-order valence-electron chi connectivity index (χ3n) is 5.72. The average molecular weight is 337 g/mol. The van der Waals surface area contributed by atoms with Crippen LogP contribution in [0.25, 0.3) is 0 Å². The highest BCUT2D eigenvalue weighted by Crippen LogP contribution is 2.51. The van der Waals surface area contributed by atoms with E-state index in [4.69, 9.17) is 5.21 Å². The van der Waals surface area contributed by atoms with E-state index in [1.165, 1.54) is 23.5 Å². The van der Waals surface area contributed by atoms with Crippen LogP contribution in [0.15, 0.2) is 36.7 Å². The SMILES string of the molecule is O=C(NO)c1cnc(N2CC3C(C2)C3N2Cc3ccccc3C2)nc1. The predicted octanol–water partition coefficient (Wildman–Crippen LogP) is 1.05. The molecule has 1 aliphatic carbocycles. The summed E-state index contributed by atoms with van der Waals surface area (Å²) in [5.41, 5.74) is 4.77. The maximum absolute atomic E-state index is 11.3. The van der Waals surface area contributed by atoms with Gasteiger partial charge in [-0.25, -0.2) is 15.4 Å². The molecule has 1 aromatic carbocycles. The largest absolute Gasteiger partial charge is 0.340 e. The Kier molecular flexibility index (Phi) is 3.26. The van der Waals surface area contributed by atoms with Crippen LogP contribution in [-0.2, 0) is 13.1 Å². The molecule has 1 saturated carbocycles. The number of hydrogen-bond donors (Lipinski definition) is 2. The first kappa shape index (κ1) is 14.8. The van der Waals surface area contributed by atoms with Gasteiger partial charge in [-0.3, -0.25) is 14.9 Å². The Bertz CT molecular complexity index is 787. The molecule has 5 rings (SSSR count). The second kappa shape index (κ2) is 5.50. The van der Waals surface area contributed by atoms with Gasteiger partial charge in [-0.2, -0.15) is 0 Å². The first-order chi connectivity index (χ1) is 12.2. The second-order valence-electron chi connectivity index (χ2n) is 7.11. The first-order valence-electron chi connectivity index (χ1n) is 8.57. The molecule has 2 atom stereocenters. The van der Waals surface area contributed by atoms with Gasteiger partial charge in [0.1, 0.15) is 0 Å². The molecule has 1 aromatic heterocycles. The smallest absolute Gasteiger partial charge is 0.277 e. The number of amides is 1. The summed E-state index contributed by atoms with van der Waals surface area (Å²) in [6, 6.07) is 9.38. The number of piperidine rings is 1. The van der Waals surface area contributed by atoms with Gasteiger partial charge in [-0.05, 0) is 23.0 Å². The first-order valence-corrected chi connectivity index (χ1v) is 8.57. The zero-order valence-electron chi connectivity index (χ0n) is 13.7. The maximum atomic E-state index is 11.3. The van der Waals surface area contributed by atoms with E-state index in [0.717, 1.165) is 26.2 Å². The average Bonchev–Trinajstić information content (AvgIpc) is 3.02. The lowest BCUT2D eigenvalue weighted by Gasteiger charge is -2.23. The third kappa shape index (κ3) is 2.39. The number of anilines is 1. The monoisotopic (exact) mass is 337 g/mol. The minimum Gasteiger partial charge on any atom is -0.340 e. The number of carbonyl (C=O) groups excluding carboxylic acids is 1. The van der Waals surface area contributed by atoms with Crippen LogP contribution in [0.1, 0.15) is 21.5 Å². The summed E-state index contributed by atoms with van der Waals surface area (Å²) in [6.07, 6.45) is 2.90. The van der Waals surface area contributed by atoms with E-state index < -0.39 is 5.91 Å². The van der Waals surface area contributed by atoms with Gasteiger partial charge in [0.2, 0.25) is 5.95 Å². The Morgan fingerprint density at radius 3 is 2.24 bits per heavy atom. The summed E-state index contributed by atoms with van der Waals surface area (Å²) in [7, 11) is 0. The Morgan fingerprint density at radius 1 is 1.08 bits per heavy atom. The molecule has 25 heavy (non-hydrogen) atoms. The van der Waals surface area contributed by atoms with Gasteiger partial charge in [0.05, 0.1) is 5.56 Å². The zero-order valence-corrected chi connectivity index (χ0v) is 13.7. The third-order valence-corrected chi connectivity index (χ3v) is 5.72. The molecule has 2 fully saturated rings. The quantitative estimate of drug-likeness (QED) is 0.643. The lowest BCUT2D eigenvalue weighted by Crippen LogP contribution is -2.33. The molecule has 2 unspecified atom stereocenters. The van der Waals surface area contributed by atoms with Gasteiger partial charge in [0.25, 0.3) is 5.91 Å². The summed E-state index contributed by atoms with van der Waals surface area (Å²) in [5, 5.41) is 8.64. The lowest BCUT2D eigenvalue weighted by molar-refractivity contribution is 0.0705. The highest BCUT2D eigenvalue weighted by atomic mass is 16.5. The normalized spacial score (nSPS) is 27.1. The van der Waals surface area contributed by atoms with Crippen molar-refractivity contribution >= 4 is 11.9 Å². The number of carbonyl (C=O) groups is 1. The Labute approximate surface area is 145 Å². The fourth-order valence-corrected chi connectivity index (χ4v) is 4.44. The van der Waals surface area contributed by atoms with E-state index in [-0.39, 0.29) is 5.56 Å². The van der Waals surface area contributed by atoms with Crippen molar-refractivity contribution in [3.05, 3.63) is 53.3 Å². The number of fused-ring (bicyclic) bond motifs is 2. The van der Waals surface area contributed by atoms with Gasteiger partial charge >= 0.3 is 0 Å². The molecule has 7 nitrogen and oxygen atoms in total. The predicted molar refractivity (Wildman–Crippen MR) is 90.0 cm³/mol. The molecule has 128 valence electrons. The van der Waals surface area contributed by atoms with E-state index in [1.54, 1.807) is 5.48 Å². The molecule has 0 spiro atoms. The Hall–Kier alpha value is -2.51. The number of aromatic nitrogens is 2. The summed E-state index contributed by atoms with van der Waals surface area (Å²) in [4.78, 5) is 24.7. The molecule has 0 bridgehead atoms. The number of benzene rings is 1. The van der Waals surface area contributed by atoms with Gasteiger partial charge in [-0.15, -0.1) is 0 Å². The molecule has 3 heterocycles. The van der Waals surface area contributed by atoms with Crippen LogP contribution in [0.2, 0.25) is 0 Å². The molecule has 7 heteroatoms. The van der Waals surface area contributed by atoms with Crippen molar-refractivity contribution in [2.24, 2.45) is 11.8 Å². The fourth-order valence-electron chi connectivity index (χ4n) is 4.44. The van der Waals surface area contributed by atoms with Crippen molar-refractivity contribution in [3.63, 3.8) is 0 Å². The molecule has 3 aliphatic rings. The second-order valence-corrected chi connectivity index (χ2v) is 7.11. The molecule has 0 radical (unpaired) electrons. The van der Waals surface area contributed by atoms with Crippen LogP contribution in [0.4, 0.5) is 5.95 Å². The van der Waals surface area contributed by atoms with Gasteiger partial charge < -0.3 is 4.90 Å². The lowest BCUT2D eigenvalue weighted by atomic mass is 10.1. The molecule has 1 saturated heterocycles. The number of nitrogens with one attached hydrogen (secondary N) is 1. The van der Waals surface area contributed by atoms with Crippen LogP contribution < -0.4 is 10.4 Å². The van der Waals surface area contributed by atoms with Crippen LogP contribution in [0.3, 0.4) is 0 Å². The van der Waals surface area contributed by atoms with Crippen molar-refractivity contribution in [2.45, 2.75) is 19.1 Å².